The lowest BCUT2D eigenvalue weighted by Gasteiger charge is -2.13. The third kappa shape index (κ3) is 4.36. The average molecular weight is 365 g/mol. The summed E-state index contributed by atoms with van der Waals surface area (Å²) < 4.78 is 40.8. The summed E-state index contributed by atoms with van der Waals surface area (Å²) in [6, 6.07) is 8.53. The number of nitrogens with one attached hydrogen (secondary N) is 1. The minimum absolute atomic E-state index is 0.0123. The summed E-state index contributed by atoms with van der Waals surface area (Å²) in [5.41, 5.74) is 0.315. The van der Waals surface area contributed by atoms with Crippen LogP contribution in [-0.2, 0) is 16.4 Å². The van der Waals surface area contributed by atoms with Crippen molar-refractivity contribution in [2.24, 2.45) is 5.92 Å². The first-order chi connectivity index (χ1) is 11.6. The number of hydrogen-bond acceptors (Lipinski definition) is 3. The predicted molar refractivity (Wildman–Crippen MR) is 93.9 cm³/mol. The van der Waals surface area contributed by atoms with Gasteiger partial charge in [0.25, 0.3) is 10.0 Å². The lowest BCUT2D eigenvalue weighted by Crippen LogP contribution is -2.17. The molecule has 0 aliphatic rings. The van der Waals surface area contributed by atoms with Crippen molar-refractivity contribution >= 4 is 21.7 Å². The van der Waals surface area contributed by atoms with E-state index in [1.807, 2.05) is 0 Å². The SMILES string of the molecule is Cc1c(F)ccc(NS(=O)(=O)c2ccc(CC(C)C)cc2)c1C(=O)O. The summed E-state index contributed by atoms with van der Waals surface area (Å²) in [5.74, 6) is -1.67. The molecule has 0 saturated heterocycles. The van der Waals surface area contributed by atoms with Crippen LogP contribution in [-0.4, -0.2) is 19.5 Å². The molecule has 0 aliphatic carbocycles. The van der Waals surface area contributed by atoms with Gasteiger partial charge in [0, 0.05) is 5.56 Å². The number of carbonyl (C=O) groups is 1. The van der Waals surface area contributed by atoms with Gasteiger partial charge in [-0.3, -0.25) is 4.72 Å². The van der Waals surface area contributed by atoms with Crippen molar-refractivity contribution in [3.8, 4) is 0 Å². The number of aromatic carboxylic acids is 1. The summed E-state index contributed by atoms with van der Waals surface area (Å²) in [6.45, 7) is 5.42. The van der Waals surface area contributed by atoms with Gasteiger partial charge in [-0.2, -0.15) is 0 Å². The van der Waals surface area contributed by atoms with E-state index >= 15 is 0 Å². The quantitative estimate of drug-likeness (QED) is 0.815. The van der Waals surface area contributed by atoms with Gasteiger partial charge in [-0.25, -0.2) is 17.6 Å². The van der Waals surface area contributed by atoms with Crippen molar-refractivity contribution < 1.29 is 22.7 Å². The molecule has 0 fully saturated rings. The average Bonchev–Trinajstić information content (AvgIpc) is 2.50. The number of carboxylic acid groups (broad SMARTS) is 1. The molecule has 25 heavy (non-hydrogen) atoms. The molecule has 0 atom stereocenters. The van der Waals surface area contributed by atoms with Gasteiger partial charge >= 0.3 is 5.97 Å². The van der Waals surface area contributed by atoms with Crippen LogP contribution < -0.4 is 4.72 Å². The standard InChI is InChI=1S/C18H20FNO4S/c1-11(2)10-13-4-6-14(7-5-13)25(23,24)20-16-9-8-15(19)12(3)17(16)18(21)22/h4-9,11,20H,10H2,1-3H3,(H,21,22). The number of halogens is 1. The van der Waals surface area contributed by atoms with Crippen LogP contribution in [0.2, 0.25) is 0 Å². The van der Waals surface area contributed by atoms with Crippen LogP contribution in [0.25, 0.3) is 0 Å². The first-order valence-corrected chi connectivity index (χ1v) is 9.24. The molecule has 0 saturated carbocycles. The number of hydrogen-bond donors (Lipinski definition) is 2. The van der Waals surface area contributed by atoms with Gasteiger partial charge in [0.1, 0.15) is 5.82 Å². The maximum absolute atomic E-state index is 13.6. The van der Waals surface area contributed by atoms with Crippen LogP contribution in [0.3, 0.4) is 0 Å². The number of anilines is 1. The van der Waals surface area contributed by atoms with E-state index < -0.39 is 27.4 Å². The van der Waals surface area contributed by atoms with Gasteiger partial charge in [-0.1, -0.05) is 26.0 Å². The first-order valence-electron chi connectivity index (χ1n) is 7.76. The van der Waals surface area contributed by atoms with Crippen LogP contribution in [0.15, 0.2) is 41.3 Å². The second kappa shape index (κ2) is 7.23. The van der Waals surface area contributed by atoms with Crippen LogP contribution in [0, 0.1) is 18.7 Å². The minimum atomic E-state index is -3.98. The Morgan fingerprint density at radius 3 is 2.28 bits per heavy atom. The summed E-state index contributed by atoms with van der Waals surface area (Å²) in [4.78, 5) is 11.4. The normalized spacial score (nSPS) is 11.6. The highest BCUT2D eigenvalue weighted by molar-refractivity contribution is 7.92. The zero-order valence-electron chi connectivity index (χ0n) is 14.2. The van der Waals surface area contributed by atoms with E-state index in [1.165, 1.54) is 19.1 Å². The Morgan fingerprint density at radius 1 is 1.16 bits per heavy atom. The van der Waals surface area contributed by atoms with Crippen LogP contribution in [0.4, 0.5) is 10.1 Å². The fourth-order valence-electron chi connectivity index (χ4n) is 2.53. The Bertz CT molecular complexity index is 890. The molecular weight excluding hydrogens is 345 g/mol. The van der Waals surface area contributed by atoms with E-state index in [2.05, 4.69) is 18.6 Å². The van der Waals surface area contributed by atoms with Gasteiger partial charge in [-0.15, -0.1) is 0 Å². The number of sulfonamides is 1. The van der Waals surface area contributed by atoms with E-state index in [0.29, 0.717) is 5.92 Å². The Hall–Kier alpha value is -2.41. The Labute approximate surface area is 146 Å². The van der Waals surface area contributed by atoms with Gasteiger partial charge in [0.2, 0.25) is 0 Å². The first kappa shape index (κ1) is 18.9. The van der Waals surface area contributed by atoms with Crippen molar-refractivity contribution in [1.82, 2.24) is 0 Å². The van der Waals surface area contributed by atoms with Gasteiger partial charge in [-0.05, 0) is 49.1 Å². The largest absolute Gasteiger partial charge is 0.478 e. The van der Waals surface area contributed by atoms with Crippen molar-refractivity contribution in [1.29, 1.82) is 0 Å². The number of benzene rings is 2. The molecule has 2 aromatic rings. The van der Waals surface area contributed by atoms with Crippen molar-refractivity contribution in [3.05, 3.63) is 58.9 Å². The third-order valence-electron chi connectivity index (χ3n) is 3.73. The molecule has 0 unspecified atom stereocenters. The maximum Gasteiger partial charge on any atom is 0.338 e. The molecule has 134 valence electrons. The minimum Gasteiger partial charge on any atom is -0.478 e. The highest BCUT2D eigenvalue weighted by Gasteiger charge is 2.21. The Balaban J connectivity index is 2.36. The fourth-order valence-corrected chi connectivity index (χ4v) is 3.60. The lowest BCUT2D eigenvalue weighted by molar-refractivity contribution is 0.0696. The second-order valence-electron chi connectivity index (χ2n) is 6.25. The Kier molecular flexibility index (Phi) is 5.47. The van der Waals surface area contributed by atoms with E-state index in [-0.39, 0.29) is 16.1 Å². The van der Waals surface area contributed by atoms with E-state index in [1.54, 1.807) is 12.1 Å². The summed E-state index contributed by atoms with van der Waals surface area (Å²) in [7, 11) is -3.98. The van der Waals surface area contributed by atoms with E-state index in [0.717, 1.165) is 24.1 Å². The van der Waals surface area contributed by atoms with Gasteiger partial charge in [0.15, 0.2) is 0 Å². The van der Waals surface area contributed by atoms with Crippen molar-refractivity contribution in [2.75, 3.05) is 4.72 Å². The molecule has 2 rings (SSSR count). The fraction of sp³-hybridized carbons (Fsp3) is 0.278. The molecule has 0 aliphatic heterocycles. The number of carboxylic acids is 1. The highest BCUT2D eigenvalue weighted by atomic mass is 32.2. The monoisotopic (exact) mass is 365 g/mol. The molecule has 2 N–H and O–H groups in total. The van der Waals surface area contributed by atoms with E-state index in [4.69, 9.17) is 0 Å². The molecule has 5 nitrogen and oxygen atoms in total. The summed E-state index contributed by atoms with van der Waals surface area (Å²) in [6.07, 6.45) is 0.827. The topological polar surface area (TPSA) is 83.5 Å². The van der Waals surface area contributed by atoms with Crippen LogP contribution in [0.1, 0.15) is 35.3 Å². The predicted octanol–water partition coefficient (Wildman–Crippen LogP) is 3.83. The molecule has 0 radical (unpaired) electrons. The maximum atomic E-state index is 13.6. The molecule has 7 heteroatoms. The zero-order chi connectivity index (χ0) is 18.8. The molecule has 0 spiro atoms. The highest BCUT2D eigenvalue weighted by Crippen LogP contribution is 2.25. The smallest absolute Gasteiger partial charge is 0.338 e. The van der Waals surface area contributed by atoms with Crippen LogP contribution in [0.5, 0.6) is 0 Å². The second-order valence-corrected chi connectivity index (χ2v) is 7.93. The number of rotatable bonds is 6. The molecule has 0 heterocycles. The molecule has 2 aromatic carbocycles. The lowest BCUT2D eigenvalue weighted by atomic mass is 10.0. The van der Waals surface area contributed by atoms with E-state index in [9.17, 15) is 22.7 Å². The zero-order valence-corrected chi connectivity index (χ0v) is 15.0. The summed E-state index contributed by atoms with van der Waals surface area (Å²) in [5, 5.41) is 9.26. The van der Waals surface area contributed by atoms with Crippen molar-refractivity contribution in [3.63, 3.8) is 0 Å². The van der Waals surface area contributed by atoms with Gasteiger partial charge in [0.05, 0.1) is 16.1 Å². The Morgan fingerprint density at radius 2 is 1.76 bits per heavy atom. The van der Waals surface area contributed by atoms with Crippen molar-refractivity contribution in [2.45, 2.75) is 32.1 Å². The molecular formula is C18H20FNO4S. The van der Waals surface area contributed by atoms with Gasteiger partial charge < -0.3 is 5.11 Å². The molecule has 0 aromatic heterocycles. The molecule has 0 bridgehead atoms. The third-order valence-corrected chi connectivity index (χ3v) is 5.12. The van der Waals surface area contributed by atoms with Crippen LogP contribution >= 0.6 is 0 Å². The molecule has 0 amide bonds. The summed E-state index contributed by atoms with van der Waals surface area (Å²) >= 11 is 0.